The molecule has 6 heteroatoms. The minimum atomic E-state index is -3.05. The normalized spacial score (nSPS) is 32.9. The van der Waals surface area contributed by atoms with Gasteiger partial charge in [-0.1, -0.05) is 6.42 Å². The Hall–Kier alpha value is -0.170. The molecule has 124 valence electrons. The Morgan fingerprint density at radius 3 is 2.43 bits per heavy atom. The Balaban J connectivity index is 2.09. The molecule has 2 N–H and O–H groups in total. The first-order chi connectivity index (χ1) is 9.79. The van der Waals surface area contributed by atoms with Gasteiger partial charge in [-0.3, -0.25) is 4.90 Å². The van der Waals surface area contributed by atoms with Crippen molar-refractivity contribution in [3.8, 4) is 0 Å². The number of piperidine rings is 1. The number of nitrogens with zero attached hydrogens (tertiary/aromatic N) is 2. The second-order valence-electron chi connectivity index (χ2n) is 7.15. The number of hydrogen-bond acceptors (Lipinski definition) is 5. The molecule has 1 aliphatic heterocycles. The summed E-state index contributed by atoms with van der Waals surface area (Å²) in [5.41, 5.74) is 5.72. The first-order valence-electron chi connectivity index (χ1n) is 8.08. The molecule has 0 bridgehead atoms. The number of likely N-dealkylation sites (N-methyl/N-ethyl adjacent to an activating group) is 1. The van der Waals surface area contributed by atoms with Crippen molar-refractivity contribution in [2.75, 3.05) is 46.5 Å². The van der Waals surface area contributed by atoms with Crippen LogP contribution in [0.15, 0.2) is 0 Å². The van der Waals surface area contributed by atoms with E-state index in [0.717, 1.165) is 38.9 Å². The van der Waals surface area contributed by atoms with E-state index in [4.69, 9.17) is 5.73 Å². The van der Waals surface area contributed by atoms with Crippen LogP contribution < -0.4 is 5.73 Å². The summed E-state index contributed by atoms with van der Waals surface area (Å²) in [5, 5.41) is -0.300. The maximum absolute atomic E-state index is 12.2. The topological polar surface area (TPSA) is 66.6 Å². The van der Waals surface area contributed by atoms with Crippen LogP contribution in [-0.4, -0.2) is 75.5 Å². The highest BCUT2D eigenvalue weighted by Gasteiger charge is 2.50. The molecule has 0 amide bonds. The molecule has 1 saturated carbocycles. The van der Waals surface area contributed by atoms with Crippen molar-refractivity contribution in [1.29, 1.82) is 0 Å². The quantitative estimate of drug-likeness (QED) is 0.802. The molecule has 1 heterocycles. The highest BCUT2D eigenvalue weighted by atomic mass is 32.2. The number of hydrogen-bond donors (Lipinski definition) is 1. The zero-order chi connectivity index (χ0) is 15.7. The standard InChI is InChI=1S/C15H31N3O2S/c1-17-9-6-13(7-10-17)11-18(2)15(12-16)8-4-5-14(15)21(3,19)20/h13-14H,4-12,16H2,1-3H3. The fourth-order valence-electron chi connectivity index (χ4n) is 4.28. The molecule has 2 aliphatic rings. The molecule has 1 aliphatic carbocycles. The number of sulfone groups is 1. The lowest BCUT2D eigenvalue weighted by molar-refractivity contribution is 0.0913. The predicted molar refractivity (Wildman–Crippen MR) is 87.1 cm³/mol. The van der Waals surface area contributed by atoms with Crippen molar-refractivity contribution in [3.05, 3.63) is 0 Å². The number of likely N-dealkylation sites (tertiary alicyclic amines) is 1. The van der Waals surface area contributed by atoms with Gasteiger partial charge in [-0.25, -0.2) is 8.42 Å². The molecule has 21 heavy (non-hydrogen) atoms. The van der Waals surface area contributed by atoms with Gasteiger partial charge in [0.2, 0.25) is 0 Å². The van der Waals surface area contributed by atoms with Crippen LogP contribution in [0.3, 0.4) is 0 Å². The van der Waals surface area contributed by atoms with Gasteiger partial charge < -0.3 is 10.6 Å². The lowest BCUT2D eigenvalue weighted by Crippen LogP contribution is -2.60. The van der Waals surface area contributed by atoms with Gasteiger partial charge in [-0.2, -0.15) is 0 Å². The van der Waals surface area contributed by atoms with E-state index in [1.54, 1.807) is 0 Å². The SMILES string of the molecule is CN1CCC(CN(C)C2(CN)CCCC2S(C)(=O)=O)CC1. The third-order valence-electron chi connectivity index (χ3n) is 5.68. The summed E-state index contributed by atoms with van der Waals surface area (Å²) < 4.78 is 24.3. The lowest BCUT2D eigenvalue weighted by Gasteiger charge is -2.44. The highest BCUT2D eigenvalue weighted by Crippen LogP contribution is 2.39. The molecule has 0 aromatic rings. The largest absolute Gasteiger partial charge is 0.329 e. The molecular weight excluding hydrogens is 286 g/mol. The monoisotopic (exact) mass is 317 g/mol. The van der Waals surface area contributed by atoms with Gasteiger partial charge >= 0.3 is 0 Å². The Kier molecular flexibility index (Phi) is 5.34. The fraction of sp³-hybridized carbons (Fsp3) is 1.00. The summed E-state index contributed by atoms with van der Waals surface area (Å²) in [7, 11) is 1.20. The summed E-state index contributed by atoms with van der Waals surface area (Å²) >= 11 is 0. The zero-order valence-electron chi connectivity index (χ0n) is 13.7. The van der Waals surface area contributed by atoms with E-state index in [2.05, 4.69) is 23.9 Å². The van der Waals surface area contributed by atoms with E-state index in [1.807, 2.05) is 0 Å². The van der Waals surface area contributed by atoms with Crippen molar-refractivity contribution in [2.24, 2.45) is 11.7 Å². The van der Waals surface area contributed by atoms with Crippen molar-refractivity contribution in [3.63, 3.8) is 0 Å². The third-order valence-corrected chi connectivity index (χ3v) is 7.38. The Morgan fingerprint density at radius 2 is 1.90 bits per heavy atom. The van der Waals surface area contributed by atoms with Crippen LogP contribution in [0.4, 0.5) is 0 Å². The van der Waals surface area contributed by atoms with Crippen molar-refractivity contribution < 1.29 is 8.42 Å². The minimum Gasteiger partial charge on any atom is -0.329 e. The second-order valence-corrected chi connectivity index (χ2v) is 9.37. The van der Waals surface area contributed by atoms with Crippen molar-refractivity contribution >= 4 is 9.84 Å². The lowest BCUT2D eigenvalue weighted by atomic mass is 9.91. The first-order valence-corrected chi connectivity index (χ1v) is 10.0. The van der Waals surface area contributed by atoms with Gasteiger partial charge in [0, 0.05) is 24.9 Å². The van der Waals surface area contributed by atoms with Gasteiger partial charge in [-0.05, 0) is 58.8 Å². The fourth-order valence-corrected chi connectivity index (χ4v) is 6.06. The Labute approximate surface area is 129 Å². The smallest absolute Gasteiger partial charge is 0.152 e. The summed E-state index contributed by atoms with van der Waals surface area (Å²) in [6.07, 6.45) is 6.40. The summed E-state index contributed by atoms with van der Waals surface area (Å²) in [5.74, 6) is 0.662. The highest BCUT2D eigenvalue weighted by molar-refractivity contribution is 7.91. The van der Waals surface area contributed by atoms with Crippen LogP contribution >= 0.6 is 0 Å². The maximum Gasteiger partial charge on any atom is 0.152 e. The molecule has 2 fully saturated rings. The van der Waals surface area contributed by atoms with Gasteiger partial charge in [0.25, 0.3) is 0 Å². The first kappa shape index (κ1) is 17.2. The van der Waals surface area contributed by atoms with E-state index >= 15 is 0 Å². The molecular formula is C15H31N3O2S. The predicted octanol–water partition coefficient (Wildman–Crippen LogP) is 0.555. The molecule has 2 atom stereocenters. The molecule has 0 aromatic carbocycles. The minimum absolute atomic E-state index is 0.300. The van der Waals surface area contributed by atoms with Crippen molar-refractivity contribution in [1.82, 2.24) is 9.80 Å². The van der Waals surface area contributed by atoms with E-state index in [1.165, 1.54) is 19.1 Å². The number of nitrogens with two attached hydrogens (primary N) is 1. The van der Waals surface area contributed by atoms with Crippen LogP contribution in [0.1, 0.15) is 32.1 Å². The van der Waals surface area contributed by atoms with Gasteiger partial charge in [0.15, 0.2) is 9.84 Å². The Morgan fingerprint density at radius 1 is 1.29 bits per heavy atom. The third kappa shape index (κ3) is 3.60. The van der Waals surface area contributed by atoms with Crippen LogP contribution in [-0.2, 0) is 9.84 Å². The van der Waals surface area contributed by atoms with E-state index in [-0.39, 0.29) is 10.8 Å². The van der Waals surface area contributed by atoms with Gasteiger partial charge in [-0.15, -0.1) is 0 Å². The second kappa shape index (κ2) is 6.52. The molecule has 1 saturated heterocycles. The summed E-state index contributed by atoms with van der Waals surface area (Å²) in [4.78, 5) is 4.64. The number of rotatable bonds is 5. The van der Waals surface area contributed by atoms with Crippen LogP contribution in [0.25, 0.3) is 0 Å². The van der Waals surface area contributed by atoms with E-state index in [0.29, 0.717) is 12.5 Å². The zero-order valence-corrected chi connectivity index (χ0v) is 14.5. The van der Waals surface area contributed by atoms with Crippen molar-refractivity contribution in [2.45, 2.75) is 42.9 Å². The molecule has 2 rings (SSSR count). The van der Waals surface area contributed by atoms with E-state index < -0.39 is 9.84 Å². The van der Waals surface area contributed by atoms with Gasteiger partial charge in [0.1, 0.15) is 0 Å². The average molecular weight is 317 g/mol. The van der Waals surface area contributed by atoms with Gasteiger partial charge in [0.05, 0.1) is 5.25 Å². The maximum atomic E-state index is 12.2. The summed E-state index contributed by atoms with van der Waals surface area (Å²) in [6.45, 7) is 3.69. The van der Waals surface area contributed by atoms with E-state index in [9.17, 15) is 8.42 Å². The van der Waals surface area contributed by atoms with Crippen LogP contribution in [0.2, 0.25) is 0 Å². The molecule has 0 spiro atoms. The average Bonchev–Trinajstić information content (AvgIpc) is 2.86. The molecule has 0 aromatic heterocycles. The molecule has 5 nitrogen and oxygen atoms in total. The molecule has 0 radical (unpaired) electrons. The Bertz CT molecular complexity index is 446. The van der Waals surface area contributed by atoms with Crippen LogP contribution in [0.5, 0.6) is 0 Å². The van der Waals surface area contributed by atoms with Crippen LogP contribution in [0, 0.1) is 5.92 Å². The summed E-state index contributed by atoms with van der Waals surface area (Å²) in [6, 6.07) is 0. The molecule has 2 unspecified atom stereocenters.